The van der Waals surface area contributed by atoms with E-state index in [-0.39, 0.29) is 18.5 Å². The average Bonchev–Trinajstić information content (AvgIpc) is 2.87. The Morgan fingerprint density at radius 3 is 1.51 bits per heavy atom. The second-order valence-corrected chi connectivity index (χ2v) is 11.0. The van der Waals surface area contributed by atoms with E-state index in [4.69, 9.17) is 9.84 Å². The van der Waals surface area contributed by atoms with Gasteiger partial charge >= 0.3 is 11.9 Å². The zero-order chi connectivity index (χ0) is 27.2. The van der Waals surface area contributed by atoms with Crippen LogP contribution in [0.1, 0.15) is 181 Å². The molecule has 37 heavy (non-hydrogen) atoms. The number of carboxylic acid groups (broad SMARTS) is 1. The number of carbonyl (C=O) groups excluding carboxylic acids is 1. The van der Waals surface area contributed by atoms with Crippen LogP contribution in [0.5, 0.6) is 0 Å². The summed E-state index contributed by atoms with van der Waals surface area (Å²) in [5, 5.41) is 8.76. The standard InChI is InChI=1S/C33H62O4/c1-3-5-7-8-9-10-11-12-13-14-15-16-17-18-19-20-21-26-30-33(36)37-31(27-23-6-4-2)28-24-22-25-29-32(34)35/h13-14,31H,3-12,15-30H2,1-2H3,(H,34,35)/b14-13-. The van der Waals surface area contributed by atoms with Gasteiger partial charge < -0.3 is 9.84 Å². The number of unbranched alkanes of at least 4 members (excludes halogenated alkanes) is 18. The molecule has 0 rings (SSSR count). The molecule has 4 nitrogen and oxygen atoms in total. The molecule has 0 fully saturated rings. The molecule has 1 atom stereocenters. The van der Waals surface area contributed by atoms with Gasteiger partial charge in [0.1, 0.15) is 6.10 Å². The lowest BCUT2D eigenvalue weighted by molar-refractivity contribution is -0.150. The Morgan fingerprint density at radius 2 is 0.973 bits per heavy atom. The Bertz CT molecular complexity index is 528. The van der Waals surface area contributed by atoms with E-state index in [1.54, 1.807) is 0 Å². The molecule has 4 heteroatoms. The zero-order valence-corrected chi connectivity index (χ0v) is 24.8. The second kappa shape index (κ2) is 29.2. The molecule has 0 aromatic carbocycles. The monoisotopic (exact) mass is 522 g/mol. The predicted molar refractivity (Wildman–Crippen MR) is 158 cm³/mol. The fraction of sp³-hybridized carbons (Fsp3) is 0.879. The van der Waals surface area contributed by atoms with Crippen molar-refractivity contribution in [2.45, 2.75) is 187 Å². The number of hydrogen-bond donors (Lipinski definition) is 1. The average molecular weight is 523 g/mol. The zero-order valence-electron chi connectivity index (χ0n) is 24.8. The largest absolute Gasteiger partial charge is 0.481 e. The first-order valence-electron chi connectivity index (χ1n) is 16.2. The number of carbonyl (C=O) groups is 2. The van der Waals surface area contributed by atoms with Gasteiger partial charge in [0.15, 0.2) is 0 Å². The minimum Gasteiger partial charge on any atom is -0.481 e. The molecular formula is C33H62O4. The molecule has 0 aromatic rings. The van der Waals surface area contributed by atoms with E-state index in [0.717, 1.165) is 51.4 Å². The summed E-state index contributed by atoms with van der Waals surface area (Å²) in [6.45, 7) is 4.46. The lowest BCUT2D eigenvalue weighted by Gasteiger charge is -2.18. The maximum absolute atomic E-state index is 12.3. The van der Waals surface area contributed by atoms with Crippen molar-refractivity contribution in [3.8, 4) is 0 Å². The van der Waals surface area contributed by atoms with Gasteiger partial charge in [-0.15, -0.1) is 0 Å². The van der Waals surface area contributed by atoms with E-state index in [2.05, 4.69) is 26.0 Å². The number of ether oxygens (including phenoxy) is 1. The van der Waals surface area contributed by atoms with Crippen molar-refractivity contribution in [1.29, 1.82) is 0 Å². The SMILES string of the molecule is CCCCCCCCC/C=C\CCCCCCCCCC(=O)OC(CCCCC)CCCCCC(=O)O. The van der Waals surface area contributed by atoms with Crippen LogP contribution in [0.3, 0.4) is 0 Å². The summed E-state index contributed by atoms with van der Waals surface area (Å²) in [6, 6.07) is 0. The quantitative estimate of drug-likeness (QED) is 0.0602. The number of rotatable bonds is 29. The molecular weight excluding hydrogens is 460 g/mol. The molecule has 0 heterocycles. The summed E-state index contributed by atoms with van der Waals surface area (Å²) < 4.78 is 5.80. The Morgan fingerprint density at radius 1 is 0.568 bits per heavy atom. The van der Waals surface area contributed by atoms with Crippen LogP contribution in [0.15, 0.2) is 12.2 Å². The molecule has 0 saturated heterocycles. The van der Waals surface area contributed by atoms with Crippen LogP contribution in [0.25, 0.3) is 0 Å². The summed E-state index contributed by atoms with van der Waals surface area (Å²) in [5.74, 6) is -0.775. The van der Waals surface area contributed by atoms with Crippen molar-refractivity contribution in [2.24, 2.45) is 0 Å². The fourth-order valence-electron chi connectivity index (χ4n) is 4.82. The van der Waals surface area contributed by atoms with Crippen LogP contribution in [0.4, 0.5) is 0 Å². The third-order valence-electron chi connectivity index (χ3n) is 7.24. The molecule has 218 valence electrons. The summed E-state index contributed by atoms with van der Waals surface area (Å²) in [6.07, 6.45) is 34.0. The Balaban J connectivity index is 3.64. The Labute approximate surface area is 230 Å². The van der Waals surface area contributed by atoms with Crippen molar-refractivity contribution in [2.75, 3.05) is 0 Å². The van der Waals surface area contributed by atoms with Gasteiger partial charge in [-0.2, -0.15) is 0 Å². The second-order valence-electron chi connectivity index (χ2n) is 11.0. The van der Waals surface area contributed by atoms with Crippen LogP contribution >= 0.6 is 0 Å². The minimum atomic E-state index is -0.729. The maximum atomic E-state index is 12.3. The smallest absolute Gasteiger partial charge is 0.306 e. The van der Waals surface area contributed by atoms with Gasteiger partial charge in [-0.1, -0.05) is 116 Å². The molecule has 0 aromatic heterocycles. The molecule has 0 amide bonds. The molecule has 0 bridgehead atoms. The number of esters is 1. The lowest BCUT2D eigenvalue weighted by Crippen LogP contribution is -2.18. The summed E-state index contributed by atoms with van der Waals surface area (Å²) >= 11 is 0. The number of hydrogen-bond acceptors (Lipinski definition) is 3. The van der Waals surface area contributed by atoms with E-state index in [9.17, 15) is 9.59 Å². The van der Waals surface area contributed by atoms with Gasteiger partial charge in [0.25, 0.3) is 0 Å². The van der Waals surface area contributed by atoms with Gasteiger partial charge in [0.05, 0.1) is 0 Å². The number of allylic oxidation sites excluding steroid dienone is 2. The van der Waals surface area contributed by atoms with Crippen LogP contribution in [-0.4, -0.2) is 23.1 Å². The van der Waals surface area contributed by atoms with Crippen LogP contribution in [-0.2, 0) is 14.3 Å². The molecule has 0 aliphatic heterocycles. The Hall–Kier alpha value is -1.32. The fourth-order valence-corrected chi connectivity index (χ4v) is 4.82. The summed E-state index contributed by atoms with van der Waals surface area (Å²) in [5.41, 5.74) is 0. The predicted octanol–water partition coefficient (Wildman–Crippen LogP) is 10.7. The van der Waals surface area contributed by atoms with E-state index in [0.29, 0.717) is 12.8 Å². The maximum Gasteiger partial charge on any atom is 0.306 e. The van der Waals surface area contributed by atoms with Gasteiger partial charge in [-0.05, 0) is 64.2 Å². The first-order chi connectivity index (χ1) is 18.1. The van der Waals surface area contributed by atoms with Crippen molar-refractivity contribution in [1.82, 2.24) is 0 Å². The molecule has 0 spiro atoms. The van der Waals surface area contributed by atoms with Crippen molar-refractivity contribution in [3.05, 3.63) is 12.2 Å². The number of carboxylic acids is 1. The van der Waals surface area contributed by atoms with Gasteiger partial charge in [0.2, 0.25) is 0 Å². The van der Waals surface area contributed by atoms with Crippen LogP contribution in [0.2, 0.25) is 0 Å². The van der Waals surface area contributed by atoms with E-state index in [1.807, 2.05) is 0 Å². The highest BCUT2D eigenvalue weighted by Crippen LogP contribution is 2.17. The highest BCUT2D eigenvalue weighted by atomic mass is 16.5. The normalized spacial score (nSPS) is 12.3. The minimum absolute atomic E-state index is 0.00785. The van der Waals surface area contributed by atoms with Crippen LogP contribution in [0, 0.1) is 0 Å². The van der Waals surface area contributed by atoms with Gasteiger partial charge in [0, 0.05) is 12.8 Å². The highest BCUT2D eigenvalue weighted by molar-refractivity contribution is 5.69. The van der Waals surface area contributed by atoms with Crippen molar-refractivity contribution in [3.63, 3.8) is 0 Å². The van der Waals surface area contributed by atoms with Crippen molar-refractivity contribution >= 4 is 11.9 Å². The van der Waals surface area contributed by atoms with Gasteiger partial charge in [-0.25, -0.2) is 0 Å². The van der Waals surface area contributed by atoms with Crippen molar-refractivity contribution < 1.29 is 19.4 Å². The molecule has 1 N–H and O–H groups in total. The van der Waals surface area contributed by atoms with Crippen LogP contribution < -0.4 is 0 Å². The van der Waals surface area contributed by atoms with E-state index < -0.39 is 5.97 Å². The topological polar surface area (TPSA) is 63.6 Å². The molecule has 1 unspecified atom stereocenters. The van der Waals surface area contributed by atoms with E-state index >= 15 is 0 Å². The third-order valence-corrected chi connectivity index (χ3v) is 7.24. The molecule has 0 radical (unpaired) electrons. The molecule has 0 saturated carbocycles. The van der Waals surface area contributed by atoms with E-state index in [1.165, 1.54) is 96.3 Å². The highest BCUT2D eigenvalue weighted by Gasteiger charge is 2.14. The lowest BCUT2D eigenvalue weighted by atomic mass is 10.0. The summed E-state index contributed by atoms with van der Waals surface area (Å²) in [7, 11) is 0. The third kappa shape index (κ3) is 29.1. The molecule has 0 aliphatic carbocycles. The first kappa shape index (κ1) is 35.7. The summed E-state index contributed by atoms with van der Waals surface area (Å²) in [4.78, 5) is 23.0. The molecule has 0 aliphatic rings. The first-order valence-corrected chi connectivity index (χ1v) is 16.2. The Kier molecular flexibility index (Phi) is 28.2. The number of aliphatic carboxylic acids is 1. The van der Waals surface area contributed by atoms with Gasteiger partial charge in [-0.3, -0.25) is 9.59 Å².